The minimum atomic E-state index is -0.180. The lowest BCUT2D eigenvalue weighted by molar-refractivity contribution is 0.725. The van der Waals surface area contributed by atoms with Gasteiger partial charge < -0.3 is 9.47 Å². The third kappa shape index (κ3) is 2.33. The third-order valence-electron chi connectivity index (χ3n) is 3.49. The average molecular weight is 319 g/mol. The first kappa shape index (κ1) is 14.5. The molecular formula is C14H15ClN6O. The fraction of sp³-hybridized carbons (Fsp3) is 0.286. The van der Waals surface area contributed by atoms with Crippen LogP contribution in [0.2, 0.25) is 5.15 Å². The SMILES string of the molecule is Cc1c(N(C)C)c(=O)n2ncnc2n1Cc1ccc(Cl)nc1. The second-order valence-corrected chi connectivity index (χ2v) is 5.57. The highest BCUT2D eigenvalue weighted by Crippen LogP contribution is 2.17. The van der Waals surface area contributed by atoms with E-state index in [-0.39, 0.29) is 5.56 Å². The van der Waals surface area contributed by atoms with Crippen LogP contribution in [0.25, 0.3) is 5.78 Å². The van der Waals surface area contributed by atoms with Crippen molar-refractivity contribution in [2.24, 2.45) is 0 Å². The second kappa shape index (κ2) is 5.42. The monoisotopic (exact) mass is 318 g/mol. The fourth-order valence-corrected chi connectivity index (χ4v) is 2.59. The molecule has 0 fully saturated rings. The van der Waals surface area contributed by atoms with Gasteiger partial charge in [-0.25, -0.2) is 4.98 Å². The van der Waals surface area contributed by atoms with Crippen LogP contribution in [0.5, 0.6) is 0 Å². The number of rotatable bonds is 3. The minimum absolute atomic E-state index is 0.180. The molecule has 0 bridgehead atoms. The molecule has 0 saturated carbocycles. The number of hydrogen-bond donors (Lipinski definition) is 0. The second-order valence-electron chi connectivity index (χ2n) is 5.18. The zero-order chi connectivity index (χ0) is 15.9. The summed E-state index contributed by atoms with van der Waals surface area (Å²) < 4.78 is 3.25. The van der Waals surface area contributed by atoms with Crippen molar-refractivity contribution in [3.05, 3.63) is 51.4 Å². The maximum absolute atomic E-state index is 12.5. The molecule has 0 saturated heterocycles. The predicted octanol–water partition coefficient (Wildman–Crippen LogP) is 1.36. The smallest absolute Gasteiger partial charge is 0.299 e. The van der Waals surface area contributed by atoms with E-state index in [9.17, 15) is 4.79 Å². The van der Waals surface area contributed by atoms with Gasteiger partial charge in [-0.15, -0.1) is 0 Å². The van der Waals surface area contributed by atoms with E-state index >= 15 is 0 Å². The Balaban J connectivity index is 2.22. The van der Waals surface area contributed by atoms with Crippen LogP contribution in [0.1, 0.15) is 11.3 Å². The summed E-state index contributed by atoms with van der Waals surface area (Å²) >= 11 is 5.82. The molecule has 0 radical (unpaired) electrons. The van der Waals surface area contributed by atoms with Gasteiger partial charge in [0.05, 0.1) is 6.54 Å². The topological polar surface area (TPSA) is 68.3 Å². The number of hydrogen-bond acceptors (Lipinski definition) is 5. The lowest BCUT2D eigenvalue weighted by Gasteiger charge is -2.19. The van der Waals surface area contributed by atoms with E-state index in [4.69, 9.17) is 11.6 Å². The summed E-state index contributed by atoms with van der Waals surface area (Å²) in [6.45, 7) is 2.42. The van der Waals surface area contributed by atoms with E-state index in [2.05, 4.69) is 15.1 Å². The van der Waals surface area contributed by atoms with E-state index in [1.54, 1.807) is 17.2 Å². The van der Waals surface area contributed by atoms with E-state index in [0.29, 0.717) is 23.2 Å². The van der Waals surface area contributed by atoms with E-state index in [1.807, 2.05) is 31.7 Å². The lowest BCUT2D eigenvalue weighted by Crippen LogP contribution is -2.29. The normalized spacial score (nSPS) is 11.1. The predicted molar refractivity (Wildman–Crippen MR) is 84.7 cm³/mol. The van der Waals surface area contributed by atoms with Crippen molar-refractivity contribution in [3.8, 4) is 0 Å². The Morgan fingerprint density at radius 1 is 1.27 bits per heavy atom. The summed E-state index contributed by atoms with van der Waals surface area (Å²) in [5.41, 5.74) is 2.19. The molecule has 7 nitrogen and oxygen atoms in total. The molecule has 22 heavy (non-hydrogen) atoms. The minimum Gasteiger partial charge on any atom is -0.372 e. The molecule has 0 spiro atoms. The van der Waals surface area contributed by atoms with Gasteiger partial charge in [-0.05, 0) is 18.6 Å². The molecule has 114 valence electrons. The Hall–Kier alpha value is -2.41. The number of fused-ring (bicyclic) bond motifs is 1. The van der Waals surface area contributed by atoms with Crippen molar-refractivity contribution in [2.45, 2.75) is 13.5 Å². The Morgan fingerprint density at radius 3 is 2.68 bits per heavy atom. The van der Waals surface area contributed by atoms with E-state index in [0.717, 1.165) is 11.3 Å². The van der Waals surface area contributed by atoms with E-state index in [1.165, 1.54) is 10.8 Å². The Bertz CT molecular complexity index is 881. The molecule has 0 aromatic carbocycles. The van der Waals surface area contributed by atoms with Crippen LogP contribution in [0.4, 0.5) is 5.69 Å². The van der Waals surface area contributed by atoms with Gasteiger partial charge in [-0.1, -0.05) is 17.7 Å². The van der Waals surface area contributed by atoms with Gasteiger partial charge in [0, 0.05) is 26.0 Å². The number of nitrogens with zero attached hydrogens (tertiary/aromatic N) is 6. The van der Waals surface area contributed by atoms with Gasteiger partial charge in [0.15, 0.2) is 0 Å². The molecule has 0 aliphatic carbocycles. The van der Waals surface area contributed by atoms with Gasteiger partial charge >= 0.3 is 0 Å². The molecule has 0 atom stereocenters. The highest BCUT2D eigenvalue weighted by molar-refractivity contribution is 6.29. The van der Waals surface area contributed by atoms with Crippen molar-refractivity contribution in [1.82, 2.24) is 24.1 Å². The standard InChI is InChI=1S/C14H15ClN6O/c1-9-12(19(2)3)13(22)21-14(17-8-18-21)20(9)7-10-4-5-11(15)16-6-10/h4-6,8H,7H2,1-3H3. The van der Waals surface area contributed by atoms with Gasteiger partial charge in [0.25, 0.3) is 5.56 Å². The molecule has 3 aromatic rings. The van der Waals surface area contributed by atoms with Crippen LogP contribution in [-0.2, 0) is 6.54 Å². The summed E-state index contributed by atoms with van der Waals surface area (Å²) in [6.07, 6.45) is 3.09. The van der Waals surface area contributed by atoms with Gasteiger partial charge in [-0.3, -0.25) is 4.79 Å². The van der Waals surface area contributed by atoms with E-state index < -0.39 is 0 Å². The van der Waals surface area contributed by atoms with Gasteiger partial charge in [0.1, 0.15) is 17.2 Å². The number of halogens is 1. The summed E-state index contributed by atoms with van der Waals surface area (Å²) in [4.78, 5) is 22.6. The largest absolute Gasteiger partial charge is 0.372 e. The highest BCUT2D eigenvalue weighted by atomic mass is 35.5. The zero-order valence-corrected chi connectivity index (χ0v) is 13.2. The Morgan fingerprint density at radius 2 is 2.05 bits per heavy atom. The third-order valence-corrected chi connectivity index (χ3v) is 3.71. The summed E-state index contributed by atoms with van der Waals surface area (Å²) in [7, 11) is 3.67. The number of aromatic nitrogens is 5. The van der Waals surface area contributed by atoms with Gasteiger partial charge in [0.2, 0.25) is 5.78 Å². The van der Waals surface area contributed by atoms with Gasteiger partial charge in [-0.2, -0.15) is 14.6 Å². The maximum Gasteiger partial charge on any atom is 0.299 e. The molecule has 0 aliphatic rings. The number of anilines is 1. The summed E-state index contributed by atoms with van der Waals surface area (Å²) in [6, 6.07) is 3.64. The first-order valence-corrected chi connectivity index (χ1v) is 7.07. The lowest BCUT2D eigenvalue weighted by atomic mass is 10.2. The molecular weight excluding hydrogens is 304 g/mol. The Kier molecular flexibility index (Phi) is 3.58. The molecule has 8 heteroatoms. The van der Waals surface area contributed by atoms with Crippen molar-refractivity contribution in [2.75, 3.05) is 19.0 Å². The maximum atomic E-state index is 12.5. The molecule has 0 unspecified atom stereocenters. The van der Waals surface area contributed by atoms with Crippen LogP contribution in [0.15, 0.2) is 29.5 Å². The van der Waals surface area contributed by atoms with Crippen LogP contribution in [0, 0.1) is 6.92 Å². The average Bonchev–Trinajstić information content (AvgIpc) is 2.95. The molecule has 0 amide bonds. The molecule has 0 aliphatic heterocycles. The first-order valence-electron chi connectivity index (χ1n) is 6.70. The van der Waals surface area contributed by atoms with Crippen molar-refractivity contribution in [3.63, 3.8) is 0 Å². The van der Waals surface area contributed by atoms with Crippen molar-refractivity contribution < 1.29 is 0 Å². The van der Waals surface area contributed by atoms with Crippen LogP contribution in [0.3, 0.4) is 0 Å². The Labute approximate surface area is 131 Å². The van der Waals surface area contributed by atoms with Crippen molar-refractivity contribution >= 4 is 23.1 Å². The quantitative estimate of drug-likeness (QED) is 0.682. The molecule has 3 heterocycles. The first-order chi connectivity index (χ1) is 10.5. The fourth-order valence-electron chi connectivity index (χ4n) is 2.48. The molecule has 3 aromatic heterocycles. The van der Waals surface area contributed by atoms with Crippen molar-refractivity contribution in [1.29, 1.82) is 0 Å². The van der Waals surface area contributed by atoms with Crippen LogP contribution < -0.4 is 10.5 Å². The number of pyridine rings is 1. The summed E-state index contributed by atoms with van der Waals surface area (Å²) in [5, 5.41) is 4.47. The summed E-state index contributed by atoms with van der Waals surface area (Å²) in [5.74, 6) is 0.503. The zero-order valence-electron chi connectivity index (χ0n) is 12.5. The molecule has 3 rings (SSSR count). The molecule has 0 N–H and O–H groups in total. The van der Waals surface area contributed by atoms with Crippen LogP contribution in [-0.4, -0.2) is 38.2 Å². The van der Waals surface area contributed by atoms with Crippen LogP contribution >= 0.6 is 11.6 Å². The highest BCUT2D eigenvalue weighted by Gasteiger charge is 2.17.